The van der Waals surface area contributed by atoms with Gasteiger partial charge in [-0.15, -0.1) is 0 Å². The summed E-state index contributed by atoms with van der Waals surface area (Å²) in [6.07, 6.45) is -0.491. The number of aliphatic carboxylic acids is 1. The number of halogens is 2. The quantitative estimate of drug-likeness (QED) is 0.670. The van der Waals surface area contributed by atoms with E-state index in [4.69, 9.17) is 33.0 Å². The molecular formula is C10H8Cl2O4. The molecule has 1 rings (SSSR count). The van der Waals surface area contributed by atoms with Crippen LogP contribution in [0, 0.1) is 0 Å². The van der Waals surface area contributed by atoms with Crippen LogP contribution in [-0.2, 0) is 9.59 Å². The summed E-state index contributed by atoms with van der Waals surface area (Å²) in [5.41, 5.74) is 0. The van der Waals surface area contributed by atoms with Crippen LogP contribution in [0.4, 0.5) is 0 Å². The van der Waals surface area contributed by atoms with E-state index in [1.165, 1.54) is 6.07 Å². The molecule has 0 saturated carbocycles. The topological polar surface area (TPSA) is 63.6 Å². The molecule has 0 spiro atoms. The summed E-state index contributed by atoms with van der Waals surface area (Å²) in [6, 6.07) is 4.61. The van der Waals surface area contributed by atoms with Crippen LogP contribution in [0.5, 0.6) is 5.75 Å². The van der Waals surface area contributed by atoms with E-state index in [1.807, 2.05) is 0 Å². The van der Waals surface area contributed by atoms with Crippen molar-refractivity contribution >= 4 is 35.1 Å². The zero-order valence-electron chi connectivity index (χ0n) is 8.07. The molecule has 0 aromatic heterocycles. The zero-order valence-corrected chi connectivity index (χ0v) is 9.59. The first-order chi connectivity index (χ1) is 7.50. The van der Waals surface area contributed by atoms with E-state index in [0.717, 1.165) is 0 Å². The second-order valence-corrected chi connectivity index (χ2v) is 3.70. The highest BCUT2D eigenvalue weighted by Crippen LogP contribution is 2.31. The van der Waals surface area contributed by atoms with Gasteiger partial charge >= 0.3 is 11.9 Å². The lowest BCUT2D eigenvalue weighted by atomic mass is 10.3. The number of hydrogen-bond acceptors (Lipinski definition) is 3. The number of carbonyl (C=O) groups is 2. The van der Waals surface area contributed by atoms with E-state index in [-0.39, 0.29) is 28.6 Å². The van der Waals surface area contributed by atoms with Crippen molar-refractivity contribution in [2.45, 2.75) is 12.8 Å². The van der Waals surface area contributed by atoms with Gasteiger partial charge in [-0.1, -0.05) is 29.3 Å². The van der Waals surface area contributed by atoms with Crippen molar-refractivity contribution in [3.63, 3.8) is 0 Å². The molecule has 4 nitrogen and oxygen atoms in total. The fourth-order valence-corrected chi connectivity index (χ4v) is 1.28. The number of rotatable bonds is 4. The summed E-state index contributed by atoms with van der Waals surface area (Å²) in [7, 11) is 0. The van der Waals surface area contributed by atoms with Gasteiger partial charge in [0.2, 0.25) is 0 Å². The maximum Gasteiger partial charge on any atom is 0.311 e. The largest absolute Gasteiger partial charge is 0.481 e. The SMILES string of the molecule is O=C(O)CCC(=O)Oc1cccc(Cl)c1Cl. The Hall–Kier alpha value is -1.26. The maximum atomic E-state index is 11.2. The predicted molar refractivity (Wildman–Crippen MR) is 59.0 cm³/mol. The standard InChI is InChI=1S/C10H8Cl2O4/c11-6-2-1-3-7(10(6)12)16-9(15)5-4-8(13)14/h1-3H,4-5H2,(H,13,14). The van der Waals surface area contributed by atoms with Gasteiger partial charge in [-0.25, -0.2) is 0 Å². The van der Waals surface area contributed by atoms with E-state index >= 15 is 0 Å². The second kappa shape index (κ2) is 5.72. The van der Waals surface area contributed by atoms with Crippen LogP contribution in [0.25, 0.3) is 0 Å². The molecule has 0 saturated heterocycles. The van der Waals surface area contributed by atoms with Crippen LogP contribution in [0.1, 0.15) is 12.8 Å². The highest BCUT2D eigenvalue weighted by atomic mass is 35.5. The molecule has 0 bridgehead atoms. The lowest BCUT2D eigenvalue weighted by molar-refractivity contribution is -0.142. The van der Waals surface area contributed by atoms with Crippen molar-refractivity contribution in [3.8, 4) is 5.75 Å². The van der Waals surface area contributed by atoms with Gasteiger partial charge in [0.15, 0.2) is 5.75 Å². The highest BCUT2D eigenvalue weighted by Gasteiger charge is 2.11. The molecule has 0 aliphatic rings. The minimum Gasteiger partial charge on any atom is -0.481 e. The van der Waals surface area contributed by atoms with E-state index in [1.54, 1.807) is 12.1 Å². The third kappa shape index (κ3) is 3.72. The van der Waals surface area contributed by atoms with Crippen LogP contribution in [0.2, 0.25) is 10.0 Å². The average molecular weight is 263 g/mol. The van der Waals surface area contributed by atoms with Crippen molar-refractivity contribution in [2.24, 2.45) is 0 Å². The number of carboxylic acid groups (broad SMARTS) is 1. The minimum absolute atomic E-state index is 0.129. The van der Waals surface area contributed by atoms with Crippen molar-refractivity contribution in [1.29, 1.82) is 0 Å². The molecule has 0 aliphatic heterocycles. The lowest BCUT2D eigenvalue weighted by Gasteiger charge is -2.05. The smallest absolute Gasteiger partial charge is 0.311 e. The molecule has 0 aliphatic carbocycles. The highest BCUT2D eigenvalue weighted by molar-refractivity contribution is 6.43. The van der Waals surface area contributed by atoms with Crippen molar-refractivity contribution in [2.75, 3.05) is 0 Å². The van der Waals surface area contributed by atoms with Gasteiger partial charge in [-0.05, 0) is 12.1 Å². The Kier molecular flexibility index (Phi) is 4.58. The molecule has 0 amide bonds. The second-order valence-electron chi connectivity index (χ2n) is 2.92. The molecule has 1 N–H and O–H groups in total. The summed E-state index contributed by atoms with van der Waals surface area (Å²) in [5.74, 6) is -1.59. The number of hydrogen-bond donors (Lipinski definition) is 1. The Morgan fingerprint density at radius 1 is 1.25 bits per heavy atom. The number of esters is 1. The summed E-state index contributed by atoms with van der Waals surface area (Å²) in [4.78, 5) is 21.4. The fourth-order valence-electron chi connectivity index (χ4n) is 0.946. The first-order valence-corrected chi connectivity index (χ1v) is 5.13. The number of ether oxygens (including phenoxy) is 1. The predicted octanol–water partition coefficient (Wildman–Crippen LogP) is 2.76. The molecule has 16 heavy (non-hydrogen) atoms. The summed E-state index contributed by atoms with van der Waals surface area (Å²) < 4.78 is 4.86. The average Bonchev–Trinajstić information content (AvgIpc) is 2.22. The molecule has 0 radical (unpaired) electrons. The third-order valence-electron chi connectivity index (χ3n) is 1.68. The van der Waals surface area contributed by atoms with Crippen LogP contribution in [0.15, 0.2) is 18.2 Å². The van der Waals surface area contributed by atoms with E-state index in [9.17, 15) is 9.59 Å². The van der Waals surface area contributed by atoms with Gasteiger partial charge in [-0.2, -0.15) is 0 Å². The van der Waals surface area contributed by atoms with Gasteiger partial charge < -0.3 is 9.84 Å². The Balaban J connectivity index is 2.63. The van der Waals surface area contributed by atoms with E-state index in [0.29, 0.717) is 0 Å². The first-order valence-electron chi connectivity index (χ1n) is 4.37. The lowest BCUT2D eigenvalue weighted by Crippen LogP contribution is -2.10. The van der Waals surface area contributed by atoms with Crippen LogP contribution in [0.3, 0.4) is 0 Å². The molecule has 86 valence electrons. The Morgan fingerprint density at radius 2 is 1.94 bits per heavy atom. The Bertz CT molecular complexity index is 417. The molecule has 0 fully saturated rings. The molecule has 0 heterocycles. The summed E-state index contributed by atoms with van der Waals surface area (Å²) in [5, 5.41) is 8.77. The van der Waals surface area contributed by atoms with Crippen molar-refractivity contribution < 1.29 is 19.4 Å². The van der Waals surface area contributed by atoms with Crippen LogP contribution < -0.4 is 4.74 Å². The van der Waals surface area contributed by atoms with Crippen LogP contribution in [-0.4, -0.2) is 17.0 Å². The van der Waals surface area contributed by atoms with Gasteiger partial charge in [0.1, 0.15) is 5.02 Å². The zero-order chi connectivity index (χ0) is 12.1. The summed E-state index contributed by atoms with van der Waals surface area (Å²) in [6.45, 7) is 0. The van der Waals surface area contributed by atoms with Crippen LogP contribution >= 0.6 is 23.2 Å². The fraction of sp³-hybridized carbons (Fsp3) is 0.200. The number of carbonyl (C=O) groups excluding carboxylic acids is 1. The van der Waals surface area contributed by atoms with Crippen molar-refractivity contribution in [3.05, 3.63) is 28.2 Å². The van der Waals surface area contributed by atoms with Crippen molar-refractivity contribution in [1.82, 2.24) is 0 Å². The first kappa shape index (κ1) is 12.8. The molecular weight excluding hydrogens is 255 g/mol. The van der Waals surface area contributed by atoms with Gasteiger partial charge in [-0.3, -0.25) is 9.59 Å². The summed E-state index contributed by atoms with van der Waals surface area (Å²) >= 11 is 11.5. The third-order valence-corrected chi connectivity index (χ3v) is 2.48. The molecule has 0 unspecified atom stereocenters. The Morgan fingerprint density at radius 3 is 2.56 bits per heavy atom. The number of benzene rings is 1. The Labute approximate surface area is 102 Å². The molecule has 1 aromatic carbocycles. The molecule has 6 heteroatoms. The van der Waals surface area contributed by atoms with E-state index in [2.05, 4.69) is 0 Å². The minimum atomic E-state index is -1.06. The monoisotopic (exact) mass is 262 g/mol. The van der Waals surface area contributed by atoms with E-state index < -0.39 is 11.9 Å². The van der Waals surface area contributed by atoms with Gasteiger partial charge in [0, 0.05) is 0 Å². The van der Waals surface area contributed by atoms with Gasteiger partial charge in [0.05, 0.1) is 17.9 Å². The van der Waals surface area contributed by atoms with Gasteiger partial charge in [0.25, 0.3) is 0 Å². The number of carboxylic acids is 1. The molecule has 0 atom stereocenters. The molecule has 1 aromatic rings. The maximum absolute atomic E-state index is 11.2. The normalized spacial score (nSPS) is 9.88.